The predicted molar refractivity (Wildman–Crippen MR) is 80.6 cm³/mol. The molecule has 0 bridgehead atoms. The Morgan fingerprint density at radius 3 is 2.48 bits per heavy atom. The molecule has 0 saturated heterocycles. The molecule has 2 rings (SSSR count). The van der Waals surface area contributed by atoms with Crippen LogP contribution in [0.15, 0.2) is 29.2 Å². The first-order valence-corrected chi connectivity index (χ1v) is 8.68. The van der Waals surface area contributed by atoms with E-state index in [1.54, 1.807) is 31.4 Å². The van der Waals surface area contributed by atoms with Crippen LogP contribution in [0.4, 0.5) is 0 Å². The number of nitrogens with one attached hydrogen (secondary N) is 1. The third-order valence-electron chi connectivity index (χ3n) is 4.06. The third kappa shape index (κ3) is 4.51. The zero-order chi connectivity index (χ0) is 15.3. The molecule has 21 heavy (non-hydrogen) atoms. The monoisotopic (exact) mass is 313 g/mol. The van der Waals surface area contributed by atoms with Gasteiger partial charge < -0.3 is 9.84 Å². The van der Waals surface area contributed by atoms with Crippen molar-refractivity contribution in [2.75, 3.05) is 26.9 Å². The number of sulfonamides is 1. The largest absolute Gasteiger partial charge is 0.396 e. The molecule has 1 aliphatic carbocycles. The highest BCUT2D eigenvalue weighted by molar-refractivity contribution is 7.89. The second-order valence-corrected chi connectivity index (χ2v) is 7.45. The highest BCUT2D eigenvalue weighted by Crippen LogP contribution is 2.48. The SMILES string of the molecule is COCCC1(CNS(=O)(=O)c2ccc(CCO)cc2)CC1. The zero-order valence-electron chi connectivity index (χ0n) is 12.3. The topological polar surface area (TPSA) is 75.6 Å². The van der Waals surface area contributed by atoms with Gasteiger partial charge in [0.05, 0.1) is 4.90 Å². The molecule has 2 N–H and O–H groups in total. The van der Waals surface area contributed by atoms with Crippen LogP contribution >= 0.6 is 0 Å². The minimum absolute atomic E-state index is 0.0619. The van der Waals surface area contributed by atoms with E-state index in [2.05, 4.69) is 4.72 Å². The average molecular weight is 313 g/mol. The van der Waals surface area contributed by atoms with Crippen LogP contribution in [0.2, 0.25) is 0 Å². The summed E-state index contributed by atoms with van der Waals surface area (Å²) in [4.78, 5) is 0.270. The number of methoxy groups -OCH3 is 1. The standard InChI is InChI=1S/C15H23NO4S/c1-20-11-9-15(7-8-15)12-16-21(18,19)14-4-2-13(3-5-14)6-10-17/h2-5,16-17H,6-12H2,1H3. The Balaban J connectivity index is 1.95. The Kier molecular flexibility index (Phi) is 5.37. The van der Waals surface area contributed by atoms with E-state index in [0.717, 1.165) is 24.8 Å². The molecule has 0 amide bonds. The fourth-order valence-corrected chi connectivity index (χ4v) is 3.46. The summed E-state index contributed by atoms with van der Waals surface area (Å²) in [6.45, 7) is 1.20. The van der Waals surface area contributed by atoms with Gasteiger partial charge in [-0.05, 0) is 48.8 Å². The van der Waals surface area contributed by atoms with Crippen molar-refractivity contribution in [1.29, 1.82) is 0 Å². The van der Waals surface area contributed by atoms with Crippen LogP contribution in [0.1, 0.15) is 24.8 Å². The van der Waals surface area contributed by atoms with Crippen molar-refractivity contribution in [2.24, 2.45) is 5.41 Å². The molecule has 118 valence electrons. The Labute approximate surface area is 126 Å². The molecule has 0 aromatic heterocycles. The lowest BCUT2D eigenvalue weighted by Crippen LogP contribution is -2.30. The molecule has 1 aromatic carbocycles. The predicted octanol–water partition coefficient (Wildman–Crippen LogP) is 1.32. The fourth-order valence-electron chi connectivity index (χ4n) is 2.31. The molecule has 0 heterocycles. The van der Waals surface area contributed by atoms with E-state index >= 15 is 0 Å². The summed E-state index contributed by atoms with van der Waals surface area (Å²) >= 11 is 0. The van der Waals surface area contributed by atoms with Crippen LogP contribution in [-0.4, -0.2) is 40.4 Å². The van der Waals surface area contributed by atoms with Crippen molar-refractivity contribution >= 4 is 10.0 Å². The van der Waals surface area contributed by atoms with Gasteiger partial charge in [-0.15, -0.1) is 0 Å². The van der Waals surface area contributed by atoms with Gasteiger partial charge in [0.2, 0.25) is 10.0 Å². The van der Waals surface area contributed by atoms with Gasteiger partial charge in [-0.2, -0.15) is 0 Å². The molecule has 0 spiro atoms. The van der Waals surface area contributed by atoms with Gasteiger partial charge in [-0.3, -0.25) is 0 Å². The molecule has 0 radical (unpaired) electrons. The first kappa shape index (κ1) is 16.4. The van der Waals surface area contributed by atoms with Gasteiger partial charge in [0, 0.05) is 26.9 Å². The second kappa shape index (κ2) is 6.87. The van der Waals surface area contributed by atoms with E-state index in [1.165, 1.54) is 0 Å². The van der Waals surface area contributed by atoms with E-state index in [1.807, 2.05) is 0 Å². The fraction of sp³-hybridized carbons (Fsp3) is 0.600. The average Bonchev–Trinajstić information content (AvgIpc) is 3.25. The Bertz CT molecular complexity index is 550. The summed E-state index contributed by atoms with van der Waals surface area (Å²) in [6.07, 6.45) is 3.53. The highest BCUT2D eigenvalue weighted by atomic mass is 32.2. The summed E-state index contributed by atoms with van der Waals surface area (Å²) in [5, 5.41) is 8.86. The van der Waals surface area contributed by atoms with E-state index in [4.69, 9.17) is 9.84 Å². The number of hydrogen-bond donors (Lipinski definition) is 2. The second-order valence-electron chi connectivity index (χ2n) is 5.68. The van der Waals surface area contributed by atoms with Crippen LogP contribution in [0, 0.1) is 5.41 Å². The number of ether oxygens (including phenoxy) is 1. The third-order valence-corrected chi connectivity index (χ3v) is 5.48. The molecule has 1 saturated carbocycles. The summed E-state index contributed by atoms with van der Waals surface area (Å²) in [7, 11) is -1.80. The van der Waals surface area contributed by atoms with E-state index in [9.17, 15) is 8.42 Å². The number of hydrogen-bond acceptors (Lipinski definition) is 4. The quantitative estimate of drug-likeness (QED) is 0.721. The van der Waals surface area contributed by atoms with Gasteiger partial charge >= 0.3 is 0 Å². The van der Waals surface area contributed by atoms with Crippen LogP contribution in [0.3, 0.4) is 0 Å². The molecule has 1 fully saturated rings. The van der Waals surface area contributed by atoms with Gasteiger partial charge in [0.25, 0.3) is 0 Å². The van der Waals surface area contributed by atoms with Crippen molar-refractivity contribution in [3.05, 3.63) is 29.8 Å². The van der Waals surface area contributed by atoms with E-state index in [0.29, 0.717) is 19.6 Å². The van der Waals surface area contributed by atoms with Gasteiger partial charge in [-0.25, -0.2) is 13.1 Å². The van der Waals surface area contributed by atoms with Gasteiger partial charge in [-0.1, -0.05) is 12.1 Å². The Hall–Kier alpha value is -0.950. The van der Waals surface area contributed by atoms with Crippen molar-refractivity contribution in [2.45, 2.75) is 30.6 Å². The van der Waals surface area contributed by atoms with Crippen molar-refractivity contribution in [3.8, 4) is 0 Å². The first-order chi connectivity index (χ1) is 10.0. The molecule has 6 heteroatoms. The lowest BCUT2D eigenvalue weighted by atomic mass is 10.0. The van der Waals surface area contributed by atoms with Crippen LogP contribution in [0.25, 0.3) is 0 Å². The van der Waals surface area contributed by atoms with E-state index < -0.39 is 10.0 Å². The molecule has 1 aliphatic rings. The number of aliphatic hydroxyl groups is 1. The molecule has 0 atom stereocenters. The molecule has 0 unspecified atom stereocenters. The van der Waals surface area contributed by atoms with Crippen molar-refractivity contribution < 1.29 is 18.3 Å². The normalized spacial score (nSPS) is 16.9. The van der Waals surface area contributed by atoms with Crippen LogP contribution in [-0.2, 0) is 21.2 Å². The molecular weight excluding hydrogens is 290 g/mol. The summed E-state index contributed by atoms with van der Waals surface area (Å²) < 4.78 is 32.3. The summed E-state index contributed by atoms with van der Waals surface area (Å²) in [6, 6.07) is 6.65. The van der Waals surface area contributed by atoms with Crippen molar-refractivity contribution in [3.63, 3.8) is 0 Å². The molecule has 5 nitrogen and oxygen atoms in total. The molecular formula is C15H23NO4S. The summed E-state index contributed by atoms with van der Waals surface area (Å²) in [5.41, 5.74) is 1.01. The zero-order valence-corrected chi connectivity index (χ0v) is 13.2. The van der Waals surface area contributed by atoms with Crippen LogP contribution in [0.5, 0.6) is 0 Å². The first-order valence-electron chi connectivity index (χ1n) is 7.20. The number of benzene rings is 1. The van der Waals surface area contributed by atoms with E-state index in [-0.39, 0.29) is 16.9 Å². The molecule has 0 aliphatic heterocycles. The van der Waals surface area contributed by atoms with Crippen molar-refractivity contribution in [1.82, 2.24) is 4.72 Å². The maximum absolute atomic E-state index is 12.3. The highest BCUT2D eigenvalue weighted by Gasteiger charge is 2.42. The summed E-state index contributed by atoms with van der Waals surface area (Å²) in [5.74, 6) is 0. The minimum atomic E-state index is -3.46. The minimum Gasteiger partial charge on any atom is -0.396 e. The lowest BCUT2D eigenvalue weighted by Gasteiger charge is -2.15. The van der Waals surface area contributed by atoms with Gasteiger partial charge in [0.1, 0.15) is 0 Å². The lowest BCUT2D eigenvalue weighted by molar-refractivity contribution is 0.173. The smallest absolute Gasteiger partial charge is 0.240 e. The van der Waals surface area contributed by atoms with Crippen LogP contribution < -0.4 is 4.72 Å². The van der Waals surface area contributed by atoms with Gasteiger partial charge in [0.15, 0.2) is 0 Å². The maximum Gasteiger partial charge on any atom is 0.240 e. The maximum atomic E-state index is 12.3. The number of rotatable bonds is 9. The Morgan fingerprint density at radius 1 is 1.29 bits per heavy atom. The molecule has 1 aromatic rings. The number of aliphatic hydroxyl groups excluding tert-OH is 1. The Morgan fingerprint density at radius 2 is 1.95 bits per heavy atom.